The van der Waals surface area contributed by atoms with E-state index in [0.717, 1.165) is 12.8 Å². The van der Waals surface area contributed by atoms with Crippen LogP contribution in [0.5, 0.6) is 0 Å². The quantitative estimate of drug-likeness (QED) is 0.782. The summed E-state index contributed by atoms with van der Waals surface area (Å²) in [7, 11) is 0. The largest absolute Gasteiger partial charge is 0.297 e. The maximum atomic E-state index is 5.56. The molecule has 2 rings (SSSR count). The zero-order valence-electron chi connectivity index (χ0n) is 11.7. The van der Waals surface area contributed by atoms with E-state index in [1.807, 2.05) is 0 Å². The van der Waals surface area contributed by atoms with Crippen molar-refractivity contribution in [2.75, 3.05) is 0 Å². The van der Waals surface area contributed by atoms with E-state index in [4.69, 9.17) is 6.42 Å². The first-order valence-electron chi connectivity index (χ1n) is 6.95. The van der Waals surface area contributed by atoms with Gasteiger partial charge in [0.1, 0.15) is 0 Å². The van der Waals surface area contributed by atoms with Crippen LogP contribution in [0, 0.1) is 12.3 Å². The normalized spacial score (nSPS) is 13.9. The highest BCUT2D eigenvalue weighted by molar-refractivity contribution is 5.83. The van der Waals surface area contributed by atoms with Gasteiger partial charge in [-0.05, 0) is 35.7 Å². The number of benzene rings is 2. The van der Waals surface area contributed by atoms with Crippen molar-refractivity contribution in [3.8, 4) is 12.3 Å². The highest BCUT2D eigenvalue weighted by Gasteiger charge is 2.10. The van der Waals surface area contributed by atoms with Gasteiger partial charge < -0.3 is 0 Å². The maximum absolute atomic E-state index is 5.56. The SMILES string of the molecule is C#CC(CCC)NC(C)c1ccc2ccccc2c1. The van der Waals surface area contributed by atoms with Crippen molar-refractivity contribution < 1.29 is 0 Å². The van der Waals surface area contributed by atoms with Gasteiger partial charge in [0, 0.05) is 6.04 Å². The molecule has 0 heterocycles. The predicted molar refractivity (Wildman–Crippen MR) is 83.0 cm³/mol. The first kappa shape index (κ1) is 13.6. The van der Waals surface area contributed by atoms with E-state index >= 15 is 0 Å². The highest BCUT2D eigenvalue weighted by Crippen LogP contribution is 2.20. The van der Waals surface area contributed by atoms with Crippen LogP contribution in [0.3, 0.4) is 0 Å². The van der Waals surface area contributed by atoms with E-state index in [1.54, 1.807) is 0 Å². The zero-order valence-corrected chi connectivity index (χ0v) is 11.7. The fourth-order valence-electron chi connectivity index (χ4n) is 2.38. The summed E-state index contributed by atoms with van der Waals surface area (Å²) in [6, 6.07) is 15.5. The Labute approximate surface area is 116 Å². The molecule has 0 amide bonds. The first-order chi connectivity index (χ1) is 9.24. The lowest BCUT2D eigenvalue weighted by atomic mass is 10.0. The number of terminal acetylenes is 1. The smallest absolute Gasteiger partial charge is 0.0691 e. The van der Waals surface area contributed by atoms with E-state index < -0.39 is 0 Å². The summed E-state index contributed by atoms with van der Waals surface area (Å²) in [6.07, 6.45) is 7.69. The summed E-state index contributed by atoms with van der Waals surface area (Å²) >= 11 is 0. The van der Waals surface area contributed by atoms with Crippen LogP contribution in [0.15, 0.2) is 42.5 Å². The van der Waals surface area contributed by atoms with Gasteiger partial charge >= 0.3 is 0 Å². The topological polar surface area (TPSA) is 12.0 Å². The van der Waals surface area contributed by atoms with Gasteiger partial charge in [-0.3, -0.25) is 5.32 Å². The minimum Gasteiger partial charge on any atom is -0.297 e. The minimum atomic E-state index is 0.159. The molecule has 0 fully saturated rings. The number of nitrogens with one attached hydrogen (secondary N) is 1. The summed E-state index contributed by atoms with van der Waals surface area (Å²) in [5.74, 6) is 2.83. The minimum absolute atomic E-state index is 0.159. The van der Waals surface area contributed by atoms with Crippen LogP contribution < -0.4 is 5.32 Å². The third-order valence-electron chi connectivity index (χ3n) is 3.50. The van der Waals surface area contributed by atoms with E-state index in [2.05, 4.69) is 67.5 Å². The van der Waals surface area contributed by atoms with Crippen LogP contribution in [0.25, 0.3) is 10.8 Å². The van der Waals surface area contributed by atoms with Crippen LogP contribution >= 0.6 is 0 Å². The van der Waals surface area contributed by atoms with Gasteiger partial charge in [0.25, 0.3) is 0 Å². The Morgan fingerprint density at radius 1 is 1.16 bits per heavy atom. The molecular formula is C18H21N. The molecule has 0 saturated heterocycles. The van der Waals surface area contributed by atoms with Crippen molar-refractivity contribution in [2.24, 2.45) is 0 Å². The van der Waals surface area contributed by atoms with E-state index in [1.165, 1.54) is 16.3 Å². The van der Waals surface area contributed by atoms with Crippen LogP contribution in [0.2, 0.25) is 0 Å². The molecule has 0 radical (unpaired) electrons. The molecule has 0 aromatic heterocycles. The van der Waals surface area contributed by atoms with Gasteiger partial charge in [0.15, 0.2) is 0 Å². The molecule has 1 heteroatoms. The van der Waals surface area contributed by atoms with E-state index in [9.17, 15) is 0 Å². The van der Waals surface area contributed by atoms with Crippen LogP contribution in [0.1, 0.15) is 38.3 Å². The molecule has 2 unspecified atom stereocenters. The Morgan fingerprint density at radius 3 is 2.58 bits per heavy atom. The third kappa shape index (κ3) is 3.36. The van der Waals surface area contributed by atoms with Crippen molar-refractivity contribution in [1.29, 1.82) is 0 Å². The Hall–Kier alpha value is -1.78. The summed E-state index contributed by atoms with van der Waals surface area (Å²) < 4.78 is 0. The lowest BCUT2D eigenvalue weighted by Gasteiger charge is -2.19. The molecule has 0 aliphatic rings. The Kier molecular flexibility index (Phi) is 4.60. The van der Waals surface area contributed by atoms with Gasteiger partial charge in [-0.2, -0.15) is 0 Å². The average molecular weight is 251 g/mol. The third-order valence-corrected chi connectivity index (χ3v) is 3.50. The van der Waals surface area contributed by atoms with Crippen molar-refractivity contribution >= 4 is 10.8 Å². The predicted octanol–water partition coefficient (Wildman–Crippen LogP) is 4.29. The number of rotatable bonds is 5. The molecule has 0 spiro atoms. The molecule has 2 aromatic carbocycles. The Bertz CT molecular complexity index is 580. The van der Waals surface area contributed by atoms with E-state index in [0.29, 0.717) is 0 Å². The fraction of sp³-hybridized carbons (Fsp3) is 0.333. The molecule has 0 saturated carbocycles. The molecule has 0 aliphatic carbocycles. The molecule has 1 nitrogen and oxygen atoms in total. The van der Waals surface area contributed by atoms with Crippen LogP contribution in [-0.4, -0.2) is 6.04 Å². The summed E-state index contributed by atoms with van der Waals surface area (Å²) in [4.78, 5) is 0. The van der Waals surface area contributed by atoms with Gasteiger partial charge in [-0.25, -0.2) is 0 Å². The summed E-state index contributed by atoms with van der Waals surface area (Å²) in [6.45, 7) is 4.33. The van der Waals surface area contributed by atoms with Crippen LogP contribution in [-0.2, 0) is 0 Å². The molecule has 1 N–H and O–H groups in total. The highest BCUT2D eigenvalue weighted by atomic mass is 14.9. The monoisotopic (exact) mass is 251 g/mol. The average Bonchev–Trinajstić information content (AvgIpc) is 2.46. The Morgan fingerprint density at radius 2 is 1.89 bits per heavy atom. The van der Waals surface area contributed by atoms with Gasteiger partial charge in [0.05, 0.1) is 6.04 Å². The molecule has 19 heavy (non-hydrogen) atoms. The second-order valence-corrected chi connectivity index (χ2v) is 5.00. The lowest BCUT2D eigenvalue weighted by molar-refractivity contribution is 0.495. The number of hydrogen-bond acceptors (Lipinski definition) is 1. The molecule has 98 valence electrons. The van der Waals surface area contributed by atoms with Gasteiger partial charge in [-0.1, -0.05) is 55.7 Å². The molecule has 0 aliphatic heterocycles. The van der Waals surface area contributed by atoms with Crippen LogP contribution in [0.4, 0.5) is 0 Å². The second kappa shape index (κ2) is 6.41. The van der Waals surface area contributed by atoms with Crippen molar-refractivity contribution in [2.45, 2.75) is 38.8 Å². The Balaban J connectivity index is 2.17. The van der Waals surface area contributed by atoms with E-state index in [-0.39, 0.29) is 12.1 Å². The summed E-state index contributed by atoms with van der Waals surface area (Å²) in [5, 5.41) is 6.07. The lowest BCUT2D eigenvalue weighted by Crippen LogP contribution is -2.30. The van der Waals surface area contributed by atoms with Crippen molar-refractivity contribution in [3.05, 3.63) is 48.0 Å². The molecule has 0 bridgehead atoms. The second-order valence-electron chi connectivity index (χ2n) is 5.00. The molecule has 2 aromatic rings. The van der Waals surface area contributed by atoms with Gasteiger partial charge in [0.2, 0.25) is 0 Å². The first-order valence-corrected chi connectivity index (χ1v) is 6.95. The maximum Gasteiger partial charge on any atom is 0.0691 e. The summed E-state index contributed by atoms with van der Waals surface area (Å²) in [5.41, 5.74) is 1.29. The number of hydrogen-bond donors (Lipinski definition) is 1. The fourth-order valence-corrected chi connectivity index (χ4v) is 2.38. The standard InChI is InChI=1S/C18H21N/c1-4-8-18(5-2)19-14(3)16-12-11-15-9-6-7-10-17(15)13-16/h2,6-7,9-14,18-19H,4,8H2,1,3H3. The van der Waals surface area contributed by atoms with Crippen molar-refractivity contribution in [3.63, 3.8) is 0 Å². The number of fused-ring (bicyclic) bond motifs is 1. The molecule has 2 atom stereocenters. The van der Waals surface area contributed by atoms with Crippen molar-refractivity contribution in [1.82, 2.24) is 5.32 Å². The zero-order chi connectivity index (χ0) is 13.7. The van der Waals surface area contributed by atoms with Gasteiger partial charge in [-0.15, -0.1) is 6.42 Å². The molecular weight excluding hydrogens is 230 g/mol.